The number of hydrogen-bond acceptors (Lipinski definition) is 4. The first-order valence-electron chi connectivity index (χ1n) is 4.32. The van der Waals surface area contributed by atoms with E-state index >= 15 is 0 Å². The van der Waals surface area contributed by atoms with E-state index in [1.807, 2.05) is 0 Å². The van der Waals surface area contributed by atoms with Gasteiger partial charge >= 0.3 is 11.9 Å². The first kappa shape index (κ1) is 13.7. The van der Waals surface area contributed by atoms with Crippen LogP contribution in [0.1, 0.15) is 13.8 Å². The van der Waals surface area contributed by atoms with Crippen LogP contribution < -0.4 is 0 Å². The molecule has 0 saturated heterocycles. The van der Waals surface area contributed by atoms with Gasteiger partial charge in [0.1, 0.15) is 0 Å². The summed E-state index contributed by atoms with van der Waals surface area (Å²) in [7, 11) is 1.24. The zero-order chi connectivity index (χ0) is 11.8. The van der Waals surface area contributed by atoms with Gasteiger partial charge in [0.2, 0.25) is 0 Å². The molecule has 0 bridgehead atoms. The van der Waals surface area contributed by atoms with Gasteiger partial charge in [-0.25, -0.2) is 9.59 Å². The molecule has 0 aliphatic rings. The van der Waals surface area contributed by atoms with Crippen LogP contribution >= 0.6 is 11.6 Å². The quantitative estimate of drug-likeness (QED) is 0.421. The molecule has 84 valence electrons. The van der Waals surface area contributed by atoms with Crippen molar-refractivity contribution in [2.45, 2.75) is 13.8 Å². The van der Waals surface area contributed by atoms with Crippen molar-refractivity contribution in [3.8, 4) is 0 Å². The lowest BCUT2D eigenvalue weighted by Crippen LogP contribution is -2.07. The minimum atomic E-state index is -0.565. The predicted octanol–water partition coefficient (Wildman–Crippen LogP) is 1.79. The van der Waals surface area contributed by atoms with E-state index in [1.54, 1.807) is 6.92 Å². The number of hydrogen-bond donors (Lipinski definition) is 0. The molecule has 0 fully saturated rings. The lowest BCUT2D eigenvalue weighted by Gasteiger charge is -2.02. The summed E-state index contributed by atoms with van der Waals surface area (Å²) >= 11 is 5.68. The molecular weight excluding hydrogens is 220 g/mol. The van der Waals surface area contributed by atoms with Gasteiger partial charge in [-0.1, -0.05) is 11.6 Å². The largest absolute Gasteiger partial charge is 0.466 e. The summed E-state index contributed by atoms with van der Waals surface area (Å²) in [5.41, 5.74) is 0.143. The molecule has 0 aromatic carbocycles. The van der Waals surface area contributed by atoms with Crippen LogP contribution in [0.15, 0.2) is 22.8 Å². The lowest BCUT2D eigenvalue weighted by molar-refractivity contribution is -0.138. The number of allylic oxidation sites excluding steroid dienone is 1. The van der Waals surface area contributed by atoms with Crippen molar-refractivity contribution < 1.29 is 19.1 Å². The van der Waals surface area contributed by atoms with Crippen molar-refractivity contribution in [1.29, 1.82) is 0 Å². The zero-order valence-electron chi connectivity index (χ0n) is 8.87. The van der Waals surface area contributed by atoms with E-state index in [0.717, 1.165) is 6.08 Å². The van der Waals surface area contributed by atoms with Crippen molar-refractivity contribution in [1.82, 2.24) is 0 Å². The molecule has 0 rings (SSSR count). The van der Waals surface area contributed by atoms with Gasteiger partial charge in [-0.3, -0.25) is 0 Å². The number of carbonyl (C=O) groups excluding carboxylic acids is 2. The van der Waals surface area contributed by atoms with Gasteiger partial charge in [0, 0.05) is 11.1 Å². The molecule has 0 aliphatic heterocycles. The van der Waals surface area contributed by atoms with Crippen LogP contribution in [-0.2, 0) is 19.1 Å². The molecule has 0 N–H and O–H groups in total. The van der Waals surface area contributed by atoms with Crippen LogP contribution in [-0.4, -0.2) is 25.7 Å². The molecule has 0 radical (unpaired) electrons. The number of esters is 2. The lowest BCUT2D eigenvalue weighted by atomic mass is 10.2. The first-order chi connectivity index (χ1) is 7.02. The molecule has 0 amide bonds. The summed E-state index contributed by atoms with van der Waals surface area (Å²) in [4.78, 5) is 22.1. The number of methoxy groups -OCH3 is 1. The summed E-state index contributed by atoms with van der Waals surface area (Å²) in [5.74, 6) is -1.13. The average Bonchev–Trinajstić information content (AvgIpc) is 2.17. The Labute approximate surface area is 93.5 Å². The highest BCUT2D eigenvalue weighted by atomic mass is 35.5. The summed E-state index contributed by atoms with van der Waals surface area (Å²) in [6.45, 7) is 3.47. The van der Waals surface area contributed by atoms with Gasteiger partial charge in [0.25, 0.3) is 0 Å². The Morgan fingerprint density at radius 1 is 1.33 bits per heavy atom. The SMILES string of the molecule is CCOC(=O)C(/C=C/C(=O)OC)=C(/C)Cl. The molecule has 0 saturated carbocycles. The van der Waals surface area contributed by atoms with Gasteiger partial charge < -0.3 is 9.47 Å². The maximum atomic E-state index is 11.3. The molecular formula is C10H13ClO4. The van der Waals surface area contributed by atoms with E-state index in [-0.39, 0.29) is 17.2 Å². The van der Waals surface area contributed by atoms with Crippen molar-refractivity contribution in [3.63, 3.8) is 0 Å². The summed E-state index contributed by atoms with van der Waals surface area (Å²) < 4.78 is 9.12. The van der Waals surface area contributed by atoms with E-state index in [9.17, 15) is 9.59 Å². The smallest absolute Gasteiger partial charge is 0.339 e. The second-order valence-electron chi connectivity index (χ2n) is 2.52. The standard InChI is InChI=1S/C10H13ClO4/c1-4-15-10(13)8(7(2)11)5-6-9(12)14-3/h5-6H,4H2,1-3H3/b6-5+,8-7-. The second-order valence-corrected chi connectivity index (χ2v) is 3.09. The molecule has 4 nitrogen and oxygen atoms in total. The van der Waals surface area contributed by atoms with Crippen LogP contribution in [0.3, 0.4) is 0 Å². The van der Waals surface area contributed by atoms with Crippen molar-refractivity contribution >= 4 is 23.5 Å². The Bertz CT molecular complexity index is 301. The van der Waals surface area contributed by atoms with Crippen LogP contribution in [0, 0.1) is 0 Å². The highest BCUT2D eigenvalue weighted by Gasteiger charge is 2.10. The van der Waals surface area contributed by atoms with Crippen molar-refractivity contribution in [2.75, 3.05) is 13.7 Å². The van der Waals surface area contributed by atoms with Crippen LogP contribution in [0.5, 0.6) is 0 Å². The third-order valence-electron chi connectivity index (χ3n) is 1.45. The topological polar surface area (TPSA) is 52.6 Å². The summed E-state index contributed by atoms with van der Waals surface area (Å²) in [6, 6.07) is 0. The van der Waals surface area contributed by atoms with Gasteiger partial charge in [-0.2, -0.15) is 0 Å². The fraction of sp³-hybridized carbons (Fsp3) is 0.400. The highest BCUT2D eigenvalue weighted by molar-refractivity contribution is 6.31. The highest BCUT2D eigenvalue weighted by Crippen LogP contribution is 2.12. The molecule has 0 heterocycles. The van der Waals surface area contributed by atoms with Crippen LogP contribution in [0.2, 0.25) is 0 Å². The molecule has 0 spiro atoms. The van der Waals surface area contributed by atoms with Gasteiger partial charge in [0.15, 0.2) is 0 Å². The Balaban J connectivity index is 4.72. The maximum Gasteiger partial charge on any atom is 0.339 e. The number of ether oxygens (including phenoxy) is 2. The van der Waals surface area contributed by atoms with Crippen LogP contribution in [0.25, 0.3) is 0 Å². The maximum absolute atomic E-state index is 11.3. The number of rotatable bonds is 4. The molecule has 15 heavy (non-hydrogen) atoms. The average molecular weight is 233 g/mol. The molecule has 0 unspecified atom stereocenters. The van der Waals surface area contributed by atoms with Crippen molar-refractivity contribution in [2.24, 2.45) is 0 Å². The Morgan fingerprint density at radius 3 is 2.33 bits per heavy atom. The Kier molecular flexibility index (Phi) is 6.45. The third kappa shape index (κ3) is 5.22. The first-order valence-corrected chi connectivity index (χ1v) is 4.70. The van der Waals surface area contributed by atoms with E-state index in [4.69, 9.17) is 16.3 Å². The normalized spacial score (nSPS) is 12.3. The van der Waals surface area contributed by atoms with E-state index in [0.29, 0.717) is 0 Å². The minimum Gasteiger partial charge on any atom is -0.466 e. The second kappa shape index (κ2) is 7.06. The fourth-order valence-electron chi connectivity index (χ4n) is 0.752. The summed E-state index contributed by atoms with van der Waals surface area (Å²) in [5, 5.41) is 0.258. The van der Waals surface area contributed by atoms with Gasteiger partial charge in [0.05, 0.1) is 19.3 Å². The van der Waals surface area contributed by atoms with Crippen LogP contribution in [0.4, 0.5) is 0 Å². The van der Waals surface area contributed by atoms with Gasteiger partial charge in [-0.15, -0.1) is 0 Å². The molecule has 0 aromatic rings. The van der Waals surface area contributed by atoms with E-state index < -0.39 is 11.9 Å². The van der Waals surface area contributed by atoms with Crippen molar-refractivity contribution in [3.05, 3.63) is 22.8 Å². The number of carbonyl (C=O) groups is 2. The predicted molar refractivity (Wildman–Crippen MR) is 56.3 cm³/mol. The third-order valence-corrected chi connectivity index (χ3v) is 1.66. The van der Waals surface area contributed by atoms with Gasteiger partial charge in [-0.05, 0) is 19.9 Å². The molecule has 0 atom stereocenters. The molecule has 5 heteroatoms. The molecule has 0 aliphatic carbocycles. The van der Waals surface area contributed by atoms with E-state index in [1.165, 1.54) is 20.1 Å². The number of halogens is 1. The fourth-order valence-corrected chi connectivity index (χ4v) is 0.892. The monoisotopic (exact) mass is 232 g/mol. The van der Waals surface area contributed by atoms with E-state index in [2.05, 4.69) is 4.74 Å². The Morgan fingerprint density at radius 2 is 1.93 bits per heavy atom. The molecule has 0 aromatic heterocycles. The minimum absolute atomic E-state index is 0.143. The zero-order valence-corrected chi connectivity index (χ0v) is 9.63. The summed E-state index contributed by atoms with van der Waals surface area (Å²) in [6.07, 6.45) is 2.38. The Hall–Kier alpha value is -1.29.